The number of carbonyl (C=O) groups is 1. The summed E-state index contributed by atoms with van der Waals surface area (Å²) >= 11 is 0. The van der Waals surface area contributed by atoms with Crippen LogP contribution in [-0.2, 0) is 22.6 Å². The number of aliphatic hydroxyl groups excluding tert-OH is 1. The number of fused-ring (bicyclic) bond motifs is 1. The number of benzene rings is 2. The van der Waals surface area contributed by atoms with Crippen molar-refractivity contribution in [3.05, 3.63) is 59.7 Å². The van der Waals surface area contributed by atoms with Gasteiger partial charge in [0.25, 0.3) is 0 Å². The van der Waals surface area contributed by atoms with E-state index >= 15 is 0 Å². The lowest BCUT2D eigenvalue weighted by Crippen LogP contribution is -2.42. The molecule has 2 aromatic carbocycles. The highest BCUT2D eigenvalue weighted by Gasteiger charge is 2.25. The molecule has 3 rings (SSSR count). The number of ether oxygens (including phenoxy) is 3. The fraction of sp³-hybridized carbons (Fsp3) is 0.316. The Labute approximate surface area is 146 Å². The van der Waals surface area contributed by atoms with E-state index in [1.807, 2.05) is 42.5 Å². The van der Waals surface area contributed by atoms with Gasteiger partial charge in [-0.15, -0.1) is 0 Å². The largest absolute Gasteiger partial charge is 0.486 e. The van der Waals surface area contributed by atoms with Crippen molar-refractivity contribution in [1.29, 1.82) is 0 Å². The van der Waals surface area contributed by atoms with Gasteiger partial charge < -0.3 is 25.1 Å². The summed E-state index contributed by atoms with van der Waals surface area (Å²) in [5.74, 6) is 0.609. The van der Waals surface area contributed by atoms with Gasteiger partial charge in [-0.25, -0.2) is 4.79 Å². The SMILES string of the molecule is NC(Cc1ccc2c(c1)OCCO2)C(O)C(=O)OCc1ccccc1. The first kappa shape index (κ1) is 17.3. The maximum absolute atomic E-state index is 12.0. The van der Waals surface area contributed by atoms with Crippen molar-refractivity contribution < 1.29 is 24.1 Å². The summed E-state index contributed by atoms with van der Waals surface area (Å²) in [4.78, 5) is 12.0. The number of hydrogen-bond acceptors (Lipinski definition) is 6. The number of aliphatic hydroxyl groups is 1. The second-order valence-electron chi connectivity index (χ2n) is 5.88. The van der Waals surface area contributed by atoms with Crippen LogP contribution in [0.25, 0.3) is 0 Å². The van der Waals surface area contributed by atoms with Gasteiger partial charge in [-0.3, -0.25) is 0 Å². The van der Waals surface area contributed by atoms with Gasteiger partial charge in [0, 0.05) is 6.04 Å². The molecule has 6 nitrogen and oxygen atoms in total. The van der Waals surface area contributed by atoms with Gasteiger partial charge in [0.2, 0.25) is 0 Å². The predicted molar refractivity (Wildman–Crippen MR) is 91.4 cm³/mol. The molecule has 1 heterocycles. The maximum Gasteiger partial charge on any atom is 0.336 e. The first-order valence-electron chi connectivity index (χ1n) is 8.16. The molecule has 2 atom stereocenters. The van der Waals surface area contributed by atoms with Crippen LogP contribution in [0.4, 0.5) is 0 Å². The molecule has 2 unspecified atom stereocenters. The molecule has 1 aliphatic heterocycles. The highest BCUT2D eigenvalue weighted by atomic mass is 16.6. The number of rotatable bonds is 6. The van der Waals surface area contributed by atoms with Crippen molar-refractivity contribution in [2.45, 2.75) is 25.2 Å². The number of esters is 1. The molecule has 0 saturated carbocycles. The lowest BCUT2D eigenvalue weighted by molar-refractivity contribution is -0.156. The molecule has 2 aromatic rings. The second kappa shape index (κ2) is 8.00. The Kier molecular flexibility index (Phi) is 5.53. The van der Waals surface area contributed by atoms with E-state index in [1.54, 1.807) is 6.07 Å². The van der Waals surface area contributed by atoms with Gasteiger partial charge in [0.1, 0.15) is 19.8 Å². The third-order valence-electron chi connectivity index (χ3n) is 3.95. The molecule has 0 amide bonds. The summed E-state index contributed by atoms with van der Waals surface area (Å²) in [6, 6.07) is 14.0. The lowest BCUT2D eigenvalue weighted by Gasteiger charge is -2.21. The predicted octanol–water partition coefficient (Wildman–Crippen LogP) is 1.43. The molecule has 0 radical (unpaired) electrons. The summed E-state index contributed by atoms with van der Waals surface area (Å²) in [5, 5.41) is 10.1. The fourth-order valence-corrected chi connectivity index (χ4v) is 2.59. The van der Waals surface area contributed by atoms with Crippen molar-refractivity contribution in [3.63, 3.8) is 0 Å². The number of nitrogens with two attached hydrogens (primary N) is 1. The Balaban J connectivity index is 1.54. The van der Waals surface area contributed by atoms with Crippen LogP contribution in [0.1, 0.15) is 11.1 Å². The van der Waals surface area contributed by atoms with Crippen molar-refractivity contribution in [1.82, 2.24) is 0 Å². The summed E-state index contributed by atoms with van der Waals surface area (Å²) in [6.45, 7) is 1.13. The average molecular weight is 343 g/mol. The van der Waals surface area contributed by atoms with Crippen LogP contribution >= 0.6 is 0 Å². The molecular weight excluding hydrogens is 322 g/mol. The molecule has 132 valence electrons. The first-order valence-corrected chi connectivity index (χ1v) is 8.16. The van der Waals surface area contributed by atoms with Crippen molar-refractivity contribution in [2.75, 3.05) is 13.2 Å². The van der Waals surface area contributed by atoms with Crippen LogP contribution in [0.3, 0.4) is 0 Å². The molecule has 6 heteroatoms. The molecule has 25 heavy (non-hydrogen) atoms. The smallest absolute Gasteiger partial charge is 0.336 e. The van der Waals surface area contributed by atoms with Crippen molar-refractivity contribution in [2.24, 2.45) is 5.73 Å². The zero-order valence-corrected chi connectivity index (χ0v) is 13.8. The van der Waals surface area contributed by atoms with Gasteiger partial charge in [-0.1, -0.05) is 36.4 Å². The second-order valence-corrected chi connectivity index (χ2v) is 5.88. The third kappa shape index (κ3) is 4.49. The minimum Gasteiger partial charge on any atom is -0.486 e. The highest BCUT2D eigenvalue weighted by Crippen LogP contribution is 2.31. The van der Waals surface area contributed by atoms with Crippen molar-refractivity contribution in [3.8, 4) is 11.5 Å². The highest BCUT2D eigenvalue weighted by molar-refractivity contribution is 5.75. The van der Waals surface area contributed by atoms with Crippen LogP contribution in [0.15, 0.2) is 48.5 Å². The number of hydrogen-bond donors (Lipinski definition) is 2. The van der Waals surface area contributed by atoms with E-state index in [2.05, 4.69) is 0 Å². The van der Waals surface area contributed by atoms with Crippen LogP contribution in [0.5, 0.6) is 11.5 Å². The topological polar surface area (TPSA) is 91.0 Å². The molecule has 1 aliphatic rings. The quantitative estimate of drug-likeness (QED) is 0.771. The Morgan fingerprint density at radius 3 is 2.56 bits per heavy atom. The molecular formula is C19H21NO5. The van der Waals surface area contributed by atoms with E-state index in [0.29, 0.717) is 31.1 Å². The zero-order chi connectivity index (χ0) is 17.6. The molecule has 0 aromatic heterocycles. The summed E-state index contributed by atoms with van der Waals surface area (Å²) in [6.07, 6.45) is -1.07. The van der Waals surface area contributed by atoms with Gasteiger partial charge in [-0.2, -0.15) is 0 Å². The minimum absolute atomic E-state index is 0.105. The van der Waals surface area contributed by atoms with Gasteiger partial charge in [0.15, 0.2) is 17.6 Å². The normalized spacial score (nSPS) is 15.3. The molecule has 0 bridgehead atoms. The van der Waals surface area contributed by atoms with Crippen LogP contribution in [0.2, 0.25) is 0 Å². The average Bonchev–Trinajstić information content (AvgIpc) is 2.66. The molecule has 0 saturated heterocycles. The molecule has 0 spiro atoms. The van der Waals surface area contributed by atoms with E-state index in [4.69, 9.17) is 19.9 Å². The Bertz CT molecular complexity index is 719. The Morgan fingerprint density at radius 1 is 1.08 bits per heavy atom. The fourth-order valence-electron chi connectivity index (χ4n) is 2.59. The lowest BCUT2D eigenvalue weighted by atomic mass is 10.0. The van der Waals surface area contributed by atoms with E-state index in [-0.39, 0.29) is 6.61 Å². The minimum atomic E-state index is -1.39. The Hall–Kier alpha value is -2.57. The van der Waals surface area contributed by atoms with Crippen LogP contribution in [0, 0.1) is 0 Å². The van der Waals surface area contributed by atoms with Gasteiger partial charge in [-0.05, 0) is 29.7 Å². The van der Waals surface area contributed by atoms with Crippen molar-refractivity contribution >= 4 is 5.97 Å². The van der Waals surface area contributed by atoms with Gasteiger partial charge in [0.05, 0.1) is 0 Å². The van der Waals surface area contributed by atoms with Crippen LogP contribution < -0.4 is 15.2 Å². The number of carbonyl (C=O) groups excluding carboxylic acids is 1. The van der Waals surface area contributed by atoms with E-state index in [9.17, 15) is 9.90 Å². The monoisotopic (exact) mass is 343 g/mol. The van der Waals surface area contributed by atoms with Crippen LogP contribution in [-0.4, -0.2) is 36.4 Å². The summed E-state index contributed by atoms with van der Waals surface area (Å²) in [7, 11) is 0. The van der Waals surface area contributed by atoms with Gasteiger partial charge >= 0.3 is 5.97 Å². The zero-order valence-electron chi connectivity index (χ0n) is 13.8. The molecule has 3 N–H and O–H groups in total. The van der Waals surface area contributed by atoms with E-state index < -0.39 is 18.1 Å². The summed E-state index contributed by atoms with van der Waals surface area (Å²) < 4.78 is 16.1. The molecule has 0 fully saturated rings. The maximum atomic E-state index is 12.0. The summed E-state index contributed by atoms with van der Waals surface area (Å²) in [5.41, 5.74) is 7.68. The molecule has 0 aliphatic carbocycles. The first-order chi connectivity index (χ1) is 12.1. The van der Waals surface area contributed by atoms with E-state index in [0.717, 1.165) is 11.1 Å². The van der Waals surface area contributed by atoms with E-state index in [1.165, 1.54) is 0 Å². The third-order valence-corrected chi connectivity index (χ3v) is 3.95. The Morgan fingerprint density at radius 2 is 1.80 bits per heavy atom. The standard InChI is InChI=1S/C19H21NO5/c20-15(10-14-6-7-16-17(11-14)24-9-8-23-16)18(21)19(22)25-12-13-4-2-1-3-5-13/h1-7,11,15,18,21H,8-10,12,20H2.